The lowest BCUT2D eigenvalue weighted by Crippen LogP contribution is -2.69. The SMILES string of the molecule is C[C@@H]1O[C@H](O[C@H]2CC[C@]3(C=O)[C@H]4CC[C@]5(C)[C@@H](C6=CC(=O)OC6)CC[C@]5(O)[C@@H]4CC[C@]3(O)C2)[C@@H](O)[C@H](O)[C@H]1O. The van der Waals surface area contributed by atoms with Gasteiger partial charge in [-0.15, -0.1) is 0 Å². The Morgan fingerprint density at radius 1 is 0.974 bits per heavy atom. The van der Waals surface area contributed by atoms with Gasteiger partial charge >= 0.3 is 5.97 Å². The van der Waals surface area contributed by atoms with Crippen LogP contribution in [-0.2, 0) is 23.8 Å². The van der Waals surface area contributed by atoms with Crippen molar-refractivity contribution >= 4 is 12.3 Å². The van der Waals surface area contributed by atoms with Crippen molar-refractivity contribution in [3.05, 3.63) is 11.6 Å². The molecule has 0 bridgehead atoms. The maximum atomic E-state index is 13.0. The Balaban J connectivity index is 1.22. The first-order valence-corrected chi connectivity index (χ1v) is 14.5. The summed E-state index contributed by atoms with van der Waals surface area (Å²) in [4.78, 5) is 24.8. The van der Waals surface area contributed by atoms with E-state index in [2.05, 4.69) is 6.92 Å². The Morgan fingerprint density at radius 3 is 2.41 bits per heavy atom. The molecule has 13 atom stereocenters. The Morgan fingerprint density at radius 2 is 1.72 bits per heavy atom. The van der Waals surface area contributed by atoms with Crippen LogP contribution in [0, 0.1) is 28.6 Å². The molecule has 0 radical (unpaired) electrons. The predicted octanol–water partition coefficient (Wildman–Crippen LogP) is 0.750. The van der Waals surface area contributed by atoms with Gasteiger partial charge in [0.1, 0.15) is 31.2 Å². The Bertz CT molecular complexity index is 1050. The minimum Gasteiger partial charge on any atom is -0.458 e. The molecule has 1 saturated heterocycles. The number of aldehydes is 1. The summed E-state index contributed by atoms with van der Waals surface area (Å²) in [6.07, 6.45) is 0.689. The zero-order chi connectivity index (χ0) is 28.0. The molecule has 5 N–H and O–H groups in total. The summed E-state index contributed by atoms with van der Waals surface area (Å²) in [6, 6.07) is 0. The van der Waals surface area contributed by atoms with Gasteiger partial charge < -0.3 is 44.5 Å². The normalized spacial score (nSPS) is 55.2. The van der Waals surface area contributed by atoms with Crippen LogP contribution < -0.4 is 0 Å². The van der Waals surface area contributed by atoms with E-state index in [9.17, 15) is 35.1 Å². The third-order valence-electron chi connectivity index (χ3n) is 12.0. The standard InChI is InChI=1S/C29H42O10/c1-15-22(32)23(33)24(34)25(38-15)39-17-3-8-27(14-30)19-4-7-26(2)18(16-11-21(31)37-13-16)6-10-29(26,36)20(19)5-9-28(27,35)12-17/h11,14-15,17-20,22-25,32-36H,3-10,12-13H2,1-2H3/t15-,17-,18+,19-,20+,22-,23+,24-,25+,26+,27-,28-,29-/m0/s1. The second-order valence-corrected chi connectivity index (χ2v) is 13.4. The molecule has 2 aliphatic heterocycles. The molecule has 0 aromatic carbocycles. The van der Waals surface area contributed by atoms with Gasteiger partial charge in [0.05, 0.1) is 28.8 Å². The molecule has 4 aliphatic carbocycles. The van der Waals surface area contributed by atoms with Crippen LogP contribution in [0.5, 0.6) is 0 Å². The number of esters is 1. The van der Waals surface area contributed by atoms with E-state index in [0.29, 0.717) is 44.9 Å². The zero-order valence-electron chi connectivity index (χ0n) is 22.7. The average Bonchev–Trinajstić information content (AvgIpc) is 3.45. The first-order valence-electron chi connectivity index (χ1n) is 14.5. The van der Waals surface area contributed by atoms with E-state index in [-0.39, 0.29) is 36.8 Å². The van der Waals surface area contributed by atoms with E-state index < -0.39 is 58.8 Å². The van der Waals surface area contributed by atoms with Crippen LogP contribution in [-0.4, -0.2) is 92.4 Å². The smallest absolute Gasteiger partial charge is 0.331 e. The Hall–Kier alpha value is -1.40. The van der Waals surface area contributed by atoms with Crippen molar-refractivity contribution < 1.29 is 49.3 Å². The van der Waals surface area contributed by atoms with E-state index in [1.165, 1.54) is 0 Å². The van der Waals surface area contributed by atoms with Crippen LogP contribution in [0.2, 0.25) is 0 Å². The summed E-state index contributed by atoms with van der Waals surface area (Å²) in [7, 11) is 0. The van der Waals surface area contributed by atoms with Crippen LogP contribution in [0.25, 0.3) is 0 Å². The molecule has 0 aromatic rings. The van der Waals surface area contributed by atoms with Crippen molar-refractivity contribution in [1.82, 2.24) is 0 Å². The number of aliphatic hydroxyl groups excluding tert-OH is 3. The number of aliphatic hydroxyl groups is 5. The lowest BCUT2D eigenvalue weighted by atomic mass is 9.41. The highest BCUT2D eigenvalue weighted by atomic mass is 16.7. The molecule has 0 spiro atoms. The molecule has 2 heterocycles. The highest BCUT2D eigenvalue weighted by molar-refractivity contribution is 5.85. The third-order valence-corrected chi connectivity index (χ3v) is 12.0. The number of carbonyl (C=O) groups is 2. The van der Waals surface area contributed by atoms with E-state index in [1.807, 2.05) is 0 Å². The number of cyclic esters (lactones) is 1. The van der Waals surface area contributed by atoms with Gasteiger partial charge in [-0.3, -0.25) is 0 Å². The van der Waals surface area contributed by atoms with Gasteiger partial charge in [0.25, 0.3) is 0 Å². The Kier molecular flexibility index (Phi) is 6.62. The van der Waals surface area contributed by atoms with Crippen molar-refractivity contribution in [2.75, 3.05) is 6.61 Å². The predicted molar refractivity (Wildman–Crippen MR) is 135 cm³/mol. The number of ether oxygens (including phenoxy) is 3. The maximum Gasteiger partial charge on any atom is 0.331 e. The summed E-state index contributed by atoms with van der Waals surface area (Å²) in [5.74, 6) is -0.616. The van der Waals surface area contributed by atoms with E-state index in [4.69, 9.17) is 14.2 Å². The quantitative estimate of drug-likeness (QED) is 0.192. The van der Waals surface area contributed by atoms with Crippen molar-refractivity contribution in [1.29, 1.82) is 0 Å². The molecule has 5 fully saturated rings. The van der Waals surface area contributed by atoms with E-state index in [1.54, 1.807) is 13.0 Å². The summed E-state index contributed by atoms with van der Waals surface area (Å²) < 4.78 is 16.9. The highest BCUT2D eigenvalue weighted by Gasteiger charge is 2.71. The fourth-order valence-corrected chi connectivity index (χ4v) is 9.75. The lowest BCUT2D eigenvalue weighted by molar-refractivity contribution is -0.317. The van der Waals surface area contributed by atoms with Crippen molar-refractivity contribution in [2.45, 2.75) is 120 Å². The summed E-state index contributed by atoms with van der Waals surface area (Å²) >= 11 is 0. The zero-order valence-corrected chi connectivity index (χ0v) is 22.7. The van der Waals surface area contributed by atoms with Crippen LogP contribution in [0.4, 0.5) is 0 Å². The van der Waals surface area contributed by atoms with E-state index in [0.717, 1.165) is 18.3 Å². The molecule has 0 unspecified atom stereocenters. The van der Waals surface area contributed by atoms with Crippen LogP contribution >= 0.6 is 0 Å². The molecule has 6 aliphatic rings. The molecule has 10 heteroatoms. The monoisotopic (exact) mass is 550 g/mol. The first-order chi connectivity index (χ1) is 18.4. The fourth-order valence-electron chi connectivity index (χ4n) is 9.75. The van der Waals surface area contributed by atoms with Gasteiger partial charge in [-0.1, -0.05) is 6.92 Å². The largest absolute Gasteiger partial charge is 0.458 e. The molecular weight excluding hydrogens is 508 g/mol. The maximum absolute atomic E-state index is 13.0. The van der Waals surface area contributed by atoms with Crippen LogP contribution in [0.15, 0.2) is 11.6 Å². The molecule has 6 rings (SSSR count). The summed E-state index contributed by atoms with van der Waals surface area (Å²) in [5, 5.41) is 55.0. The van der Waals surface area contributed by atoms with Gasteiger partial charge in [-0.2, -0.15) is 0 Å². The summed E-state index contributed by atoms with van der Waals surface area (Å²) in [5.41, 5.74) is -2.86. The molecule has 4 saturated carbocycles. The van der Waals surface area contributed by atoms with Crippen LogP contribution in [0.1, 0.15) is 71.6 Å². The molecule has 218 valence electrons. The minimum absolute atomic E-state index is 0.0465. The Labute approximate surface area is 228 Å². The van der Waals surface area contributed by atoms with Gasteiger partial charge in [0, 0.05) is 17.9 Å². The lowest BCUT2D eigenvalue weighted by Gasteiger charge is -2.65. The number of carbonyl (C=O) groups excluding carboxylic acids is 2. The first kappa shape index (κ1) is 27.8. The third kappa shape index (κ3) is 3.78. The van der Waals surface area contributed by atoms with Crippen molar-refractivity contribution in [3.63, 3.8) is 0 Å². The van der Waals surface area contributed by atoms with Gasteiger partial charge in [-0.05, 0) is 81.6 Å². The van der Waals surface area contributed by atoms with Gasteiger partial charge in [0.2, 0.25) is 0 Å². The van der Waals surface area contributed by atoms with E-state index >= 15 is 0 Å². The van der Waals surface area contributed by atoms with Crippen molar-refractivity contribution in [2.24, 2.45) is 28.6 Å². The second-order valence-electron chi connectivity index (χ2n) is 13.4. The topological polar surface area (TPSA) is 163 Å². The molecule has 39 heavy (non-hydrogen) atoms. The number of fused-ring (bicyclic) bond motifs is 5. The van der Waals surface area contributed by atoms with Crippen LogP contribution in [0.3, 0.4) is 0 Å². The number of hydrogen-bond donors (Lipinski definition) is 5. The second kappa shape index (κ2) is 9.31. The summed E-state index contributed by atoms with van der Waals surface area (Å²) in [6.45, 7) is 3.98. The molecule has 0 amide bonds. The fraction of sp³-hybridized carbons (Fsp3) is 0.862. The number of hydrogen-bond acceptors (Lipinski definition) is 10. The molecular formula is C29H42O10. The molecule has 0 aromatic heterocycles. The van der Waals surface area contributed by atoms with Gasteiger partial charge in [0.15, 0.2) is 6.29 Å². The number of rotatable bonds is 4. The minimum atomic E-state index is -1.43. The van der Waals surface area contributed by atoms with Gasteiger partial charge in [-0.25, -0.2) is 4.79 Å². The highest BCUT2D eigenvalue weighted by Crippen LogP contribution is 2.70. The van der Waals surface area contributed by atoms with Crippen molar-refractivity contribution in [3.8, 4) is 0 Å². The molecule has 10 nitrogen and oxygen atoms in total. The average molecular weight is 551 g/mol.